The van der Waals surface area contributed by atoms with Crippen LogP contribution in [0.3, 0.4) is 0 Å². The van der Waals surface area contributed by atoms with Gasteiger partial charge in [0.2, 0.25) is 0 Å². The van der Waals surface area contributed by atoms with Crippen molar-refractivity contribution in [2.45, 2.75) is 6.18 Å². The molecule has 130 valence electrons. The van der Waals surface area contributed by atoms with Gasteiger partial charge in [0.15, 0.2) is 10.6 Å². The topological polar surface area (TPSA) is 42.8 Å². The monoisotopic (exact) mass is 385 g/mol. The van der Waals surface area contributed by atoms with E-state index in [1.165, 1.54) is 19.2 Å². The van der Waals surface area contributed by atoms with Gasteiger partial charge in [-0.2, -0.15) is 18.3 Å². The van der Waals surface area contributed by atoms with Crippen molar-refractivity contribution in [1.29, 1.82) is 0 Å². The molecule has 1 N–H and O–H groups in total. The van der Waals surface area contributed by atoms with Crippen LogP contribution >= 0.6 is 23.8 Å². The van der Waals surface area contributed by atoms with Gasteiger partial charge in [0.25, 0.3) is 0 Å². The Morgan fingerprint density at radius 2 is 1.84 bits per heavy atom. The Balaban J connectivity index is 2.16. The third-order valence-electron chi connectivity index (χ3n) is 3.52. The molecule has 0 bridgehead atoms. The lowest BCUT2D eigenvalue weighted by molar-refractivity contribution is -0.137. The molecule has 0 aliphatic carbocycles. The van der Waals surface area contributed by atoms with E-state index in [2.05, 4.69) is 10.2 Å². The summed E-state index contributed by atoms with van der Waals surface area (Å²) in [6.45, 7) is 0. The summed E-state index contributed by atoms with van der Waals surface area (Å²) in [5, 5.41) is 7.23. The Morgan fingerprint density at radius 1 is 1.16 bits per heavy atom. The first-order chi connectivity index (χ1) is 11.8. The van der Waals surface area contributed by atoms with E-state index >= 15 is 0 Å². The Kier molecular flexibility index (Phi) is 4.57. The fourth-order valence-corrected chi connectivity index (χ4v) is 2.76. The number of nitrogens with one attached hydrogen (secondary N) is 1. The lowest BCUT2D eigenvalue weighted by atomic mass is 10.1. The summed E-state index contributed by atoms with van der Waals surface area (Å²) in [4.78, 5) is 0. The number of aromatic nitrogens is 3. The highest BCUT2D eigenvalue weighted by Crippen LogP contribution is 2.33. The predicted molar refractivity (Wildman–Crippen MR) is 90.7 cm³/mol. The first-order valence-electron chi connectivity index (χ1n) is 7.00. The Morgan fingerprint density at radius 3 is 2.44 bits per heavy atom. The van der Waals surface area contributed by atoms with E-state index in [0.717, 1.165) is 12.1 Å². The van der Waals surface area contributed by atoms with Crippen molar-refractivity contribution in [3.8, 4) is 22.8 Å². The van der Waals surface area contributed by atoms with Gasteiger partial charge in [0.05, 0.1) is 18.4 Å². The Hall–Kier alpha value is -2.32. The SMILES string of the molecule is COc1ccc(Cl)cc1-n1c(-c2ccc(C(F)(F)F)cc2)n[nH]c1=S. The van der Waals surface area contributed by atoms with E-state index in [1.54, 1.807) is 22.8 Å². The zero-order chi connectivity index (χ0) is 18.2. The normalized spacial score (nSPS) is 11.6. The van der Waals surface area contributed by atoms with Crippen LogP contribution in [0.1, 0.15) is 5.56 Å². The van der Waals surface area contributed by atoms with Crippen molar-refractivity contribution in [2.24, 2.45) is 0 Å². The number of nitrogens with zero attached hydrogens (tertiary/aromatic N) is 2. The molecule has 0 saturated heterocycles. The molecule has 0 unspecified atom stereocenters. The predicted octanol–water partition coefficient (Wildman–Crippen LogP) is 5.28. The maximum Gasteiger partial charge on any atom is 0.416 e. The summed E-state index contributed by atoms with van der Waals surface area (Å²) in [5.41, 5.74) is 0.253. The second kappa shape index (κ2) is 6.53. The highest BCUT2D eigenvalue weighted by atomic mass is 35.5. The molecule has 3 rings (SSSR count). The van der Waals surface area contributed by atoms with Crippen molar-refractivity contribution in [1.82, 2.24) is 14.8 Å². The molecule has 0 amide bonds. The third kappa shape index (κ3) is 3.40. The summed E-state index contributed by atoms with van der Waals surface area (Å²) in [5.74, 6) is 0.842. The minimum Gasteiger partial charge on any atom is -0.495 e. The second-order valence-electron chi connectivity index (χ2n) is 5.08. The van der Waals surface area contributed by atoms with Gasteiger partial charge in [0, 0.05) is 10.6 Å². The molecule has 0 spiro atoms. The number of halogens is 4. The van der Waals surface area contributed by atoms with Gasteiger partial charge in [-0.1, -0.05) is 23.7 Å². The summed E-state index contributed by atoms with van der Waals surface area (Å²) in [7, 11) is 1.49. The number of alkyl halides is 3. The lowest BCUT2D eigenvalue weighted by Crippen LogP contribution is -2.05. The summed E-state index contributed by atoms with van der Waals surface area (Å²) in [6.07, 6.45) is -4.40. The Labute approximate surface area is 150 Å². The standard InChI is InChI=1S/C16H11ClF3N3OS/c1-24-13-7-6-11(17)8-12(13)23-14(21-22-15(23)25)9-2-4-10(5-3-9)16(18,19)20/h2-8H,1H3,(H,22,25). The number of aromatic amines is 1. The van der Waals surface area contributed by atoms with Crippen LogP contribution in [0.25, 0.3) is 17.1 Å². The Bertz CT molecular complexity index is 964. The molecule has 9 heteroatoms. The van der Waals surface area contributed by atoms with Gasteiger partial charge in [0.1, 0.15) is 5.75 Å². The van der Waals surface area contributed by atoms with Crippen LogP contribution in [-0.4, -0.2) is 21.9 Å². The van der Waals surface area contributed by atoms with E-state index < -0.39 is 11.7 Å². The van der Waals surface area contributed by atoms with E-state index in [-0.39, 0.29) is 4.77 Å². The summed E-state index contributed by atoms with van der Waals surface area (Å²) >= 11 is 11.3. The molecule has 0 aliphatic rings. The largest absolute Gasteiger partial charge is 0.495 e. The second-order valence-corrected chi connectivity index (χ2v) is 5.90. The number of ether oxygens (including phenoxy) is 1. The van der Waals surface area contributed by atoms with Gasteiger partial charge >= 0.3 is 6.18 Å². The number of rotatable bonds is 3. The number of benzene rings is 2. The van der Waals surface area contributed by atoms with Crippen molar-refractivity contribution >= 4 is 23.8 Å². The van der Waals surface area contributed by atoms with Crippen LogP contribution < -0.4 is 4.74 Å². The van der Waals surface area contributed by atoms with Crippen molar-refractivity contribution < 1.29 is 17.9 Å². The molecule has 1 heterocycles. The first-order valence-corrected chi connectivity index (χ1v) is 7.79. The third-order valence-corrected chi connectivity index (χ3v) is 4.03. The van der Waals surface area contributed by atoms with E-state index in [4.69, 9.17) is 28.6 Å². The van der Waals surface area contributed by atoms with E-state index in [1.807, 2.05) is 0 Å². The van der Waals surface area contributed by atoms with Gasteiger partial charge in [-0.3, -0.25) is 9.67 Å². The zero-order valence-electron chi connectivity index (χ0n) is 12.8. The quantitative estimate of drug-likeness (QED) is 0.624. The van der Waals surface area contributed by atoms with Crippen LogP contribution in [0.15, 0.2) is 42.5 Å². The maximum absolute atomic E-state index is 12.7. The molecule has 2 aromatic carbocycles. The number of hydrogen-bond acceptors (Lipinski definition) is 3. The summed E-state index contributed by atoms with van der Waals surface area (Å²) in [6, 6.07) is 9.62. The number of hydrogen-bond donors (Lipinski definition) is 1. The molecule has 0 atom stereocenters. The average molecular weight is 386 g/mol. The zero-order valence-corrected chi connectivity index (χ0v) is 14.3. The molecule has 1 aromatic heterocycles. The first kappa shape index (κ1) is 17.5. The van der Waals surface area contributed by atoms with Crippen molar-refractivity contribution in [2.75, 3.05) is 7.11 Å². The minimum atomic E-state index is -4.40. The van der Waals surface area contributed by atoms with Gasteiger partial charge < -0.3 is 4.74 Å². The van der Waals surface area contributed by atoms with E-state index in [0.29, 0.717) is 27.8 Å². The van der Waals surface area contributed by atoms with Gasteiger partial charge in [-0.05, 0) is 42.5 Å². The van der Waals surface area contributed by atoms with Gasteiger partial charge in [-0.25, -0.2) is 0 Å². The molecule has 0 aliphatic heterocycles. The van der Waals surface area contributed by atoms with Crippen molar-refractivity contribution in [3.05, 3.63) is 57.8 Å². The van der Waals surface area contributed by atoms with Crippen LogP contribution in [0.2, 0.25) is 5.02 Å². The maximum atomic E-state index is 12.7. The van der Waals surface area contributed by atoms with Gasteiger partial charge in [-0.15, -0.1) is 0 Å². The fourth-order valence-electron chi connectivity index (χ4n) is 2.36. The molecule has 0 saturated carbocycles. The molecule has 0 fully saturated rings. The van der Waals surface area contributed by atoms with Crippen LogP contribution in [0.5, 0.6) is 5.75 Å². The summed E-state index contributed by atoms with van der Waals surface area (Å²) < 4.78 is 45.4. The van der Waals surface area contributed by atoms with Crippen LogP contribution in [0, 0.1) is 4.77 Å². The van der Waals surface area contributed by atoms with Crippen LogP contribution in [-0.2, 0) is 6.18 Å². The molecule has 4 nitrogen and oxygen atoms in total. The molecule has 3 aromatic rings. The molecular formula is C16H11ClF3N3OS. The van der Waals surface area contributed by atoms with E-state index in [9.17, 15) is 13.2 Å². The smallest absolute Gasteiger partial charge is 0.416 e. The minimum absolute atomic E-state index is 0.260. The highest BCUT2D eigenvalue weighted by Gasteiger charge is 2.30. The van der Waals surface area contributed by atoms with Crippen LogP contribution in [0.4, 0.5) is 13.2 Å². The average Bonchev–Trinajstić information content (AvgIpc) is 2.95. The lowest BCUT2D eigenvalue weighted by Gasteiger charge is -2.12. The highest BCUT2D eigenvalue weighted by molar-refractivity contribution is 7.71. The number of H-pyrrole nitrogens is 1. The molecule has 0 radical (unpaired) electrons. The number of methoxy groups -OCH3 is 1. The molecular weight excluding hydrogens is 375 g/mol. The van der Waals surface area contributed by atoms with Crippen molar-refractivity contribution in [3.63, 3.8) is 0 Å². The molecule has 25 heavy (non-hydrogen) atoms. The fraction of sp³-hybridized carbons (Fsp3) is 0.125.